The average Bonchev–Trinajstić information content (AvgIpc) is 3.68. The van der Waals surface area contributed by atoms with Gasteiger partial charge in [0.15, 0.2) is 11.5 Å². The molecule has 0 bridgehead atoms. The number of methoxy groups -OCH3 is 3. The molecule has 1 unspecified atom stereocenters. The molecule has 1 aliphatic rings. The molecule has 11 nitrogen and oxygen atoms in total. The van der Waals surface area contributed by atoms with Crippen LogP contribution in [0.3, 0.4) is 0 Å². The van der Waals surface area contributed by atoms with Crippen LogP contribution < -0.4 is 24.0 Å². The van der Waals surface area contributed by atoms with Gasteiger partial charge in [-0.05, 0) is 59.7 Å². The van der Waals surface area contributed by atoms with Crippen LogP contribution in [0.25, 0.3) is 16.6 Å². The zero-order chi connectivity index (χ0) is 35.3. The van der Waals surface area contributed by atoms with E-state index in [2.05, 4.69) is 8.75 Å². The van der Waals surface area contributed by atoms with Crippen molar-refractivity contribution in [3.63, 3.8) is 0 Å². The molecule has 0 spiro atoms. The summed E-state index contributed by atoms with van der Waals surface area (Å²) in [6.45, 7) is 0. The van der Waals surface area contributed by atoms with E-state index >= 15 is 0 Å². The third kappa shape index (κ3) is 7.20. The van der Waals surface area contributed by atoms with Gasteiger partial charge in [0, 0.05) is 62.7 Å². The number of hydrogen-bond donors (Lipinski definition) is 1. The number of aromatic nitrogens is 2. The Kier molecular flexibility index (Phi) is 10.5. The molecule has 1 atom stereocenters. The minimum atomic E-state index is -2.09. The van der Waals surface area contributed by atoms with E-state index < -0.39 is 11.8 Å². The first kappa shape index (κ1) is 34.9. The predicted molar refractivity (Wildman–Crippen MR) is 191 cm³/mol. The SMILES string of the molecule is CN(C)c1cccc(C=O)c1.COc1cc(C2(O)OC(=O)C(c3ccc4nsnc4c3)=C2Cc2cccc(N(C)C)c2)cc(OC)c1OC. The number of esters is 1. The van der Waals surface area contributed by atoms with Crippen LogP contribution in [0.15, 0.2) is 84.4 Å². The molecule has 0 aliphatic carbocycles. The molecule has 0 amide bonds. The summed E-state index contributed by atoms with van der Waals surface area (Å²) in [6.07, 6.45) is 1.09. The Labute approximate surface area is 289 Å². The van der Waals surface area contributed by atoms with Gasteiger partial charge in [0.25, 0.3) is 5.79 Å². The molecular formula is C37H38N4O7S. The maximum Gasteiger partial charge on any atom is 0.342 e. The zero-order valence-corrected chi connectivity index (χ0v) is 29.2. The largest absolute Gasteiger partial charge is 0.493 e. The third-order valence-electron chi connectivity index (χ3n) is 8.08. The highest BCUT2D eigenvalue weighted by atomic mass is 32.1. The van der Waals surface area contributed by atoms with E-state index in [4.69, 9.17) is 18.9 Å². The van der Waals surface area contributed by atoms with Crippen LogP contribution in [0.5, 0.6) is 17.2 Å². The molecule has 0 saturated heterocycles. The number of aliphatic hydroxyl groups is 1. The maximum absolute atomic E-state index is 13.5. The first-order valence-corrected chi connectivity index (χ1v) is 16.0. The van der Waals surface area contributed by atoms with Crippen LogP contribution in [-0.4, -0.2) is 75.6 Å². The minimum absolute atomic E-state index is 0.239. The lowest BCUT2D eigenvalue weighted by Crippen LogP contribution is -2.30. The van der Waals surface area contributed by atoms with Gasteiger partial charge in [-0.1, -0.05) is 30.3 Å². The number of hydrogen-bond acceptors (Lipinski definition) is 12. The van der Waals surface area contributed by atoms with E-state index in [1.54, 1.807) is 36.4 Å². The van der Waals surface area contributed by atoms with Gasteiger partial charge in [-0.3, -0.25) is 4.79 Å². The van der Waals surface area contributed by atoms with E-state index in [9.17, 15) is 14.7 Å². The highest BCUT2D eigenvalue weighted by Gasteiger charge is 2.49. The molecule has 0 saturated carbocycles. The molecule has 1 aromatic heterocycles. The fraction of sp³-hybridized carbons (Fsp3) is 0.243. The van der Waals surface area contributed by atoms with Gasteiger partial charge in [0.1, 0.15) is 17.3 Å². The van der Waals surface area contributed by atoms with Crippen molar-refractivity contribution in [1.29, 1.82) is 0 Å². The summed E-state index contributed by atoms with van der Waals surface area (Å²) in [4.78, 5) is 27.8. The molecule has 1 N–H and O–H groups in total. The summed E-state index contributed by atoms with van der Waals surface area (Å²) in [6, 6.07) is 23.9. The second-order valence-electron chi connectivity index (χ2n) is 11.6. The Morgan fingerprint density at radius 2 is 1.45 bits per heavy atom. The number of nitrogens with zero attached hydrogens (tertiary/aromatic N) is 4. The number of carbonyl (C=O) groups is 2. The Balaban J connectivity index is 0.000000363. The van der Waals surface area contributed by atoms with Crippen LogP contribution in [-0.2, 0) is 21.7 Å². The molecule has 0 fully saturated rings. The quantitative estimate of drug-likeness (QED) is 0.143. The number of cyclic esters (lactones) is 1. The molecule has 0 radical (unpaired) electrons. The van der Waals surface area contributed by atoms with Crippen LogP contribution in [0.1, 0.15) is 27.0 Å². The van der Waals surface area contributed by atoms with Crippen LogP contribution in [0.2, 0.25) is 0 Å². The van der Waals surface area contributed by atoms with Gasteiger partial charge in [-0.15, -0.1) is 0 Å². The van der Waals surface area contributed by atoms with Gasteiger partial charge >= 0.3 is 5.97 Å². The third-order valence-corrected chi connectivity index (χ3v) is 8.64. The molecule has 6 rings (SSSR count). The summed E-state index contributed by atoms with van der Waals surface area (Å²) in [5.74, 6) is -1.74. The normalized spacial score (nSPS) is 15.3. The van der Waals surface area contributed by atoms with Crippen molar-refractivity contribution in [2.75, 3.05) is 59.3 Å². The Bertz CT molecular complexity index is 2000. The number of ether oxygens (including phenoxy) is 4. The second kappa shape index (κ2) is 14.8. The Morgan fingerprint density at radius 1 is 0.816 bits per heavy atom. The maximum atomic E-state index is 13.5. The number of aldehydes is 1. The van der Waals surface area contributed by atoms with E-state index in [1.807, 2.05) is 80.5 Å². The molecular weight excluding hydrogens is 644 g/mol. The topological polar surface area (TPSA) is 124 Å². The Hall–Kier alpha value is -5.46. The second-order valence-corrected chi connectivity index (χ2v) is 12.1. The number of anilines is 2. The average molecular weight is 683 g/mol. The molecule has 12 heteroatoms. The summed E-state index contributed by atoms with van der Waals surface area (Å²) in [5, 5.41) is 12.2. The first-order valence-electron chi connectivity index (χ1n) is 15.2. The van der Waals surface area contributed by atoms with Gasteiger partial charge in [0.05, 0.1) is 38.6 Å². The highest BCUT2D eigenvalue weighted by molar-refractivity contribution is 7.00. The lowest BCUT2D eigenvalue weighted by molar-refractivity contribution is -0.185. The summed E-state index contributed by atoms with van der Waals surface area (Å²) >= 11 is 1.09. The van der Waals surface area contributed by atoms with Gasteiger partial charge in [0.2, 0.25) is 5.75 Å². The van der Waals surface area contributed by atoms with Gasteiger partial charge in [-0.25, -0.2) is 4.79 Å². The van der Waals surface area contributed by atoms with Crippen molar-refractivity contribution < 1.29 is 33.6 Å². The van der Waals surface area contributed by atoms with E-state index in [0.29, 0.717) is 33.9 Å². The predicted octanol–water partition coefficient (Wildman–Crippen LogP) is 5.75. The van der Waals surface area contributed by atoms with Crippen LogP contribution in [0.4, 0.5) is 11.4 Å². The lowest BCUT2D eigenvalue weighted by atomic mass is 9.87. The summed E-state index contributed by atoms with van der Waals surface area (Å²) < 4.78 is 30.8. The van der Waals surface area contributed by atoms with E-state index in [0.717, 1.165) is 46.0 Å². The van der Waals surface area contributed by atoms with E-state index in [1.165, 1.54) is 21.3 Å². The standard InChI is InChI=1S/C28H27N3O6S.C9H11NO/c1-31(2)19-8-6-7-16(11-19)12-20-25(17-9-10-21-22(13-17)30-38-29-21)27(32)37-28(20,33)18-14-23(34-3)26(36-5)24(15-18)35-4;1-10(2)9-5-3-4-8(6-9)7-11/h6-11,13-15,33H,12H2,1-5H3;3-7H,1-2H3. The zero-order valence-electron chi connectivity index (χ0n) is 28.4. The molecule has 4 aromatic carbocycles. The molecule has 1 aliphatic heterocycles. The smallest absolute Gasteiger partial charge is 0.342 e. The summed E-state index contributed by atoms with van der Waals surface area (Å²) in [7, 11) is 12.3. The van der Waals surface area contributed by atoms with Crippen molar-refractivity contribution in [1.82, 2.24) is 8.75 Å². The van der Waals surface area contributed by atoms with Crippen LogP contribution >= 0.6 is 11.7 Å². The minimum Gasteiger partial charge on any atom is -0.493 e. The highest BCUT2D eigenvalue weighted by Crippen LogP contribution is 2.49. The van der Waals surface area contributed by atoms with Crippen molar-refractivity contribution in [3.8, 4) is 17.2 Å². The van der Waals surface area contributed by atoms with Gasteiger partial charge in [-0.2, -0.15) is 8.75 Å². The van der Waals surface area contributed by atoms with Crippen molar-refractivity contribution in [2.45, 2.75) is 12.2 Å². The number of rotatable bonds is 10. The number of benzene rings is 4. The first-order chi connectivity index (χ1) is 23.5. The number of fused-ring (bicyclic) bond motifs is 1. The monoisotopic (exact) mass is 682 g/mol. The fourth-order valence-corrected chi connectivity index (χ4v) is 6.03. The van der Waals surface area contributed by atoms with Gasteiger partial charge < -0.3 is 33.9 Å². The molecule has 5 aromatic rings. The number of carbonyl (C=O) groups excluding carboxylic acids is 2. The van der Waals surface area contributed by atoms with Crippen LogP contribution in [0, 0.1) is 0 Å². The molecule has 49 heavy (non-hydrogen) atoms. The lowest BCUT2D eigenvalue weighted by Gasteiger charge is -2.27. The fourth-order valence-electron chi connectivity index (χ4n) is 5.51. The summed E-state index contributed by atoms with van der Waals surface area (Å²) in [5.41, 5.74) is 6.54. The van der Waals surface area contributed by atoms with Crippen molar-refractivity contribution in [2.24, 2.45) is 0 Å². The molecule has 254 valence electrons. The van der Waals surface area contributed by atoms with Crippen molar-refractivity contribution in [3.05, 3.63) is 107 Å². The molecule has 2 heterocycles. The van der Waals surface area contributed by atoms with Crippen molar-refractivity contribution >= 4 is 52.0 Å². The van der Waals surface area contributed by atoms with E-state index in [-0.39, 0.29) is 17.6 Å². The Morgan fingerprint density at radius 3 is 2.06 bits per heavy atom.